The number of rotatable bonds is 12. The number of amides is 1. The zero-order valence-electron chi connectivity index (χ0n) is 22.4. The Labute approximate surface area is 224 Å². The molecule has 7 heteroatoms. The zero-order valence-corrected chi connectivity index (χ0v) is 22.4. The molecule has 1 aromatic heterocycles. The van der Waals surface area contributed by atoms with Gasteiger partial charge in [0.25, 0.3) is 5.91 Å². The van der Waals surface area contributed by atoms with Crippen LogP contribution in [0, 0.1) is 0 Å². The van der Waals surface area contributed by atoms with Gasteiger partial charge < -0.3 is 24.1 Å². The van der Waals surface area contributed by atoms with Crippen molar-refractivity contribution in [1.29, 1.82) is 0 Å². The second kappa shape index (κ2) is 12.8. The van der Waals surface area contributed by atoms with Crippen LogP contribution in [0.15, 0.2) is 72.8 Å². The lowest BCUT2D eigenvalue weighted by Crippen LogP contribution is -2.29. The molecule has 1 heterocycles. The minimum absolute atomic E-state index is 0.198. The zero-order chi connectivity index (χ0) is 26.9. The van der Waals surface area contributed by atoms with E-state index in [0.717, 1.165) is 53.3 Å². The Morgan fingerprint density at radius 3 is 2.53 bits per heavy atom. The summed E-state index contributed by atoms with van der Waals surface area (Å²) in [6, 6.07) is 20.9. The predicted molar refractivity (Wildman–Crippen MR) is 151 cm³/mol. The van der Waals surface area contributed by atoms with E-state index in [1.165, 1.54) is 0 Å². The molecule has 0 spiro atoms. The number of hydrogen-bond donors (Lipinski definition) is 1. The minimum Gasteiger partial charge on any atom is -0.496 e. The molecular weight excluding hydrogens is 478 g/mol. The fourth-order valence-corrected chi connectivity index (χ4v) is 4.48. The maximum atomic E-state index is 13.0. The third-order valence-electron chi connectivity index (χ3n) is 6.35. The summed E-state index contributed by atoms with van der Waals surface area (Å²) in [4.78, 5) is 17.9. The van der Waals surface area contributed by atoms with Gasteiger partial charge in [0, 0.05) is 6.54 Å². The van der Waals surface area contributed by atoms with Crippen LogP contribution >= 0.6 is 0 Å². The number of nitrogens with one attached hydrogen (secondary N) is 1. The smallest absolute Gasteiger partial charge is 0.255 e. The highest BCUT2D eigenvalue weighted by Gasteiger charge is 2.20. The van der Waals surface area contributed by atoms with E-state index < -0.39 is 0 Å². The molecule has 38 heavy (non-hydrogen) atoms. The standard InChI is InChI=1S/C31H35N3O4/c1-5-12-23-17-18-28(29(21-23)37-4)38-20-11-10-19-34-26-15-8-7-14-25(26)33-30(34)22(2)32-31(35)24-13-6-9-16-27(24)36-3/h5-9,12-18,21-22H,10-11,19-20H2,1-4H3,(H,32,35)/b12-5+. The molecule has 4 aromatic rings. The fourth-order valence-electron chi connectivity index (χ4n) is 4.48. The molecule has 1 unspecified atom stereocenters. The van der Waals surface area contributed by atoms with Crippen molar-refractivity contribution >= 4 is 23.0 Å². The first kappa shape index (κ1) is 26.8. The number of benzene rings is 3. The van der Waals surface area contributed by atoms with Crippen molar-refractivity contribution in [3.63, 3.8) is 0 Å². The van der Waals surface area contributed by atoms with Crippen LogP contribution < -0.4 is 19.5 Å². The van der Waals surface area contributed by atoms with E-state index >= 15 is 0 Å². The molecule has 1 amide bonds. The molecule has 0 aliphatic heterocycles. The van der Waals surface area contributed by atoms with Gasteiger partial charge in [-0.25, -0.2) is 4.98 Å². The van der Waals surface area contributed by atoms with Crippen LogP contribution in [0.5, 0.6) is 17.2 Å². The lowest BCUT2D eigenvalue weighted by Gasteiger charge is -2.17. The first-order valence-electron chi connectivity index (χ1n) is 12.9. The largest absolute Gasteiger partial charge is 0.496 e. The Kier molecular flexibility index (Phi) is 9.03. The number of nitrogens with zero attached hydrogens (tertiary/aromatic N) is 2. The third-order valence-corrected chi connectivity index (χ3v) is 6.35. The van der Waals surface area contributed by atoms with Crippen LogP contribution in [0.1, 0.15) is 54.5 Å². The molecule has 0 saturated heterocycles. The molecule has 0 saturated carbocycles. The molecule has 3 aromatic carbocycles. The Morgan fingerprint density at radius 1 is 0.974 bits per heavy atom. The van der Waals surface area contributed by atoms with Crippen LogP contribution in [0.2, 0.25) is 0 Å². The molecule has 1 atom stereocenters. The van der Waals surface area contributed by atoms with E-state index in [0.29, 0.717) is 17.9 Å². The summed E-state index contributed by atoms with van der Waals surface area (Å²) in [7, 11) is 3.22. The number of carbonyl (C=O) groups excluding carboxylic acids is 1. The van der Waals surface area contributed by atoms with E-state index in [1.54, 1.807) is 26.4 Å². The second-order valence-electron chi connectivity index (χ2n) is 8.97. The summed E-state index contributed by atoms with van der Waals surface area (Å²) in [5.74, 6) is 2.62. The highest BCUT2D eigenvalue weighted by molar-refractivity contribution is 5.97. The van der Waals surface area contributed by atoms with E-state index in [2.05, 4.69) is 16.0 Å². The van der Waals surface area contributed by atoms with Gasteiger partial charge in [0.05, 0.1) is 43.5 Å². The SMILES string of the molecule is C/C=C/c1ccc(OCCCCn2c(C(C)NC(=O)c3ccccc3OC)nc3ccccc32)c(OC)c1. The Morgan fingerprint density at radius 2 is 1.74 bits per heavy atom. The highest BCUT2D eigenvalue weighted by Crippen LogP contribution is 2.29. The number of unbranched alkanes of at least 4 members (excludes halogenated alkanes) is 1. The first-order valence-corrected chi connectivity index (χ1v) is 12.9. The fraction of sp³-hybridized carbons (Fsp3) is 0.290. The minimum atomic E-state index is -0.295. The average Bonchev–Trinajstić information content (AvgIpc) is 3.32. The highest BCUT2D eigenvalue weighted by atomic mass is 16.5. The lowest BCUT2D eigenvalue weighted by atomic mass is 10.1. The summed E-state index contributed by atoms with van der Waals surface area (Å²) < 4.78 is 19.1. The molecule has 0 fully saturated rings. The average molecular weight is 514 g/mol. The number of methoxy groups -OCH3 is 2. The van der Waals surface area contributed by atoms with Crippen molar-refractivity contribution in [3.8, 4) is 17.2 Å². The number of aromatic nitrogens is 2. The predicted octanol–water partition coefficient (Wildman–Crippen LogP) is 6.44. The number of fused-ring (bicyclic) bond motifs is 1. The van der Waals surface area contributed by atoms with Crippen LogP contribution in [-0.2, 0) is 6.54 Å². The van der Waals surface area contributed by atoms with Crippen molar-refractivity contribution in [3.05, 3.63) is 89.8 Å². The van der Waals surface area contributed by atoms with E-state index in [9.17, 15) is 4.79 Å². The van der Waals surface area contributed by atoms with Gasteiger partial charge in [-0.1, -0.05) is 42.5 Å². The number of allylic oxidation sites excluding steroid dienone is 1. The number of para-hydroxylation sites is 3. The van der Waals surface area contributed by atoms with Gasteiger partial charge in [0.2, 0.25) is 0 Å². The quantitative estimate of drug-likeness (QED) is 0.221. The molecule has 0 radical (unpaired) electrons. The summed E-state index contributed by atoms with van der Waals surface area (Å²) in [5, 5.41) is 3.09. The van der Waals surface area contributed by atoms with Crippen LogP contribution in [0.25, 0.3) is 17.1 Å². The molecule has 7 nitrogen and oxygen atoms in total. The van der Waals surface area contributed by atoms with Gasteiger partial charge >= 0.3 is 0 Å². The van der Waals surface area contributed by atoms with Gasteiger partial charge in [-0.15, -0.1) is 0 Å². The number of aryl methyl sites for hydroxylation is 1. The first-order chi connectivity index (χ1) is 18.5. The van der Waals surface area contributed by atoms with Crippen LogP contribution in [0.4, 0.5) is 0 Å². The second-order valence-corrected chi connectivity index (χ2v) is 8.97. The lowest BCUT2D eigenvalue weighted by molar-refractivity contribution is 0.0934. The number of carbonyl (C=O) groups is 1. The van der Waals surface area contributed by atoms with Gasteiger partial charge in [0.1, 0.15) is 11.6 Å². The molecular formula is C31H35N3O4. The van der Waals surface area contributed by atoms with Crippen LogP contribution in [0.3, 0.4) is 0 Å². The third kappa shape index (κ3) is 6.17. The van der Waals surface area contributed by atoms with Crippen molar-refractivity contribution in [2.75, 3.05) is 20.8 Å². The van der Waals surface area contributed by atoms with E-state index in [1.807, 2.05) is 74.5 Å². The summed E-state index contributed by atoms with van der Waals surface area (Å²) in [6.07, 6.45) is 5.76. The number of ether oxygens (including phenoxy) is 3. The van der Waals surface area contributed by atoms with Crippen molar-refractivity contribution in [2.45, 2.75) is 39.3 Å². The summed E-state index contributed by atoms with van der Waals surface area (Å²) >= 11 is 0. The Balaban J connectivity index is 1.42. The van der Waals surface area contributed by atoms with Crippen LogP contribution in [-0.4, -0.2) is 36.3 Å². The monoisotopic (exact) mass is 513 g/mol. The Hall–Kier alpha value is -4.26. The van der Waals surface area contributed by atoms with Gasteiger partial charge in [-0.05, 0) is 68.7 Å². The summed E-state index contributed by atoms with van der Waals surface area (Å²) in [6.45, 7) is 5.27. The normalized spacial score (nSPS) is 12.0. The van der Waals surface area contributed by atoms with Gasteiger partial charge in [-0.3, -0.25) is 4.79 Å². The van der Waals surface area contributed by atoms with Gasteiger partial charge in [0.15, 0.2) is 11.5 Å². The molecule has 198 valence electrons. The molecule has 0 bridgehead atoms. The Bertz CT molecular complexity index is 1410. The molecule has 0 aliphatic carbocycles. The maximum absolute atomic E-state index is 13.0. The van der Waals surface area contributed by atoms with Crippen molar-refractivity contribution < 1.29 is 19.0 Å². The van der Waals surface area contributed by atoms with Crippen molar-refractivity contribution in [1.82, 2.24) is 14.9 Å². The number of imidazole rings is 1. The van der Waals surface area contributed by atoms with Crippen molar-refractivity contribution in [2.24, 2.45) is 0 Å². The summed E-state index contributed by atoms with van der Waals surface area (Å²) in [5.41, 5.74) is 3.52. The van der Waals surface area contributed by atoms with E-state index in [-0.39, 0.29) is 11.9 Å². The van der Waals surface area contributed by atoms with E-state index in [4.69, 9.17) is 19.2 Å². The molecule has 1 N–H and O–H groups in total. The number of hydrogen-bond acceptors (Lipinski definition) is 5. The van der Waals surface area contributed by atoms with Gasteiger partial charge in [-0.2, -0.15) is 0 Å². The maximum Gasteiger partial charge on any atom is 0.255 e. The molecule has 4 rings (SSSR count). The topological polar surface area (TPSA) is 74.6 Å². The molecule has 0 aliphatic rings.